The predicted molar refractivity (Wildman–Crippen MR) is 148 cm³/mol. The van der Waals surface area contributed by atoms with E-state index >= 15 is 0 Å². The second kappa shape index (κ2) is 9.59. The molecule has 0 aliphatic carbocycles. The summed E-state index contributed by atoms with van der Waals surface area (Å²) in [5.41, 5.74) is 0.517. The molecule has 2 aromatic heterocycles. The fourth-order valence-corrected chi connectivity index (χ4v) is 5.52. The molecule has 202 valence electrons. The van der Waals surface area contributed by atoms with Gasteiger partial charge in [0.2, 0.25) is 11.9 Å². The molecule has 2 atom stereocenters. The van der Waals surface area contributed by atoms with Gasteiger partial charge < -0.3 is 19.4 Å². The average molecular weight is 528 g/mol. The van der Waals surface area contributed by atoms with Gasteiger partial charge in [-0.05, 0) is 45.8 Å². The Morgan fingerprint density at radius 3 is 2.27 bits per heavy atom. The zero-order valence-electron chi connectivity index (χ0n) is 23.8. The molecular weight excluding hydrogens is 486 g/mol. The van der Waals surface area contributed by atoms with Crippen molar-refractivity contribution in [3.05, 3.63) is 23.8 Å². The Bertz CT molecular complexity index is 1150. The molecule has 0 saturated carbocycles. The first-order valence-electron chi connectivity index (χ1n) is 13.0. The number of hydrogen-bond donors (Lipinski definition) is 1. The maximum absolute atomic E-state index is 13.7. The highest BCUT2D eigenvalue weighted by atomic mass is 28.4. The van der Waals surface area contributed by atoms with Crippen LogP contribution in [0, 0.1) is 0 Å². The lowest BCUT2D eigenvalue weighted by Crippen LogP contribution is -2.46. The Kier molecular flexibility index (Phi) is 7.10. The number of anilines is 4. The van der Waals surface area contributed by atoms with Crippen molar-refractivity contribution < 1.29 is 14.0 Å². The molecule has 0 radical (unpaired) electrons. The Hall–Kier alpha value is -2.63. The van der Waals surface area contributed by atoms with Crippen molar-refractivity contribution in [3.63, 3.8) is 0 Å². The average Bonchev–Trinajstić information content (AvgIpc) is 3.01. The zero-order chi connectivity index (χ0) is 27.3. The van der Waals surface area contributed by atoms with Crippen molar-refractivity contribution >= 4 is 37.5 Å². The van der Waals surface area contributed by atoms with E-state index in [1.54, 1.807) is 17.3 Å². The van der Waals surface area contributed by atoms with E-state index in [2.05, 4.69) is 54.0 Å². The van der Waals surface area contributed by atoms with Crippen LogP contribution in [0.3, 0.4) is 0 Å². The summed E-state index contributed by atoms with van der Waals surface area (Å²) in [6, 6.07) is 0. The number of carbonyl (C=O) groups excluding carboxylic acids is 1. The Balaban J connectivity index is 1.69. The van der Waals surface area contributed by atoms with Gasteiger partial charge in [-0.15, -0.1) is 0 Å². The van der Waals surface area contributed by atoms with Crippen LogP contribution in [0.2, 0.25) is 18.1 Å². The number of hydrogen-bond acceptors (Lipinski definition) is 9. The molecule has 37 heavy (non-hydrogen) atoms. The van der Waals surface area contributed by atoms with E-state index in [0.29, 0.717) is 29.1 Å². The third-order valence-electron chi connectivity index (χ3n) is 7.70. The molecule has 4 rings (SSSR count). The first-order valence-corrected chi connectivity index (χ1v) is 15.9. The zero-order valence-corrected chi connectivity index (χ0v) is 24.8. The van der Waals surface area contributed by atoms with Crippen LogP contribution in [0.1, 0.15) is 59.9 Å². The topological polar surface area (TPSA) is 106 Å². The molecule has 1 saturated heterocycles. The molecule has 0 bridgehead atoms. The lowest BCUT2D eigenvalue weighted by Gasteiger charge is -2.36. The minimum absolute atomic E-state index is 0.0642. The van der Waals surface area contributed by atoms with Crippen LogP contribution in [0.4, 0.5) is 23.3 Å². The molecule has 2 aliphatic rings. The third-order valence-corrected chi connectivity index (χ3v) is 12.2. The van der Waals surface area contributed by atoms with E-state index < -0.39 is 13.7 Å². The molecule has 11 heteroatoms. The maximum Gasteiger partial charge on any atom is 0.243 e. The van der Waals surface area contributed by atoms with Crippen LogP contribution < -0.4 is 15.1 Å². The van der Waals surface area contributed by atoms with Gasteiger partial charge in [0.25, 0.3) is 0 Å². The second-order valence-corrected chi connectivity index (χ2v) is 17.0. The number of nitrogens with zero attached hydrogens (tertiary/aromatic N) is 6. The normalized spacial score (nSPS) is 21.8. The van der Waals surface area contributed by atoms with Crippen LogP contribution in [0.15, 0.2) is 12.4 Å². The van der Waals surface area contributed by atoms with E-state index in [-0.39, 0.29) is 29.8 Å². The monoisotopic (exact) mass is 527 g/mol. The molecule has 1 N–H and O–H groups in total. The number of amides is 1. The van der Waals surface area contributed by atoms with Crippen LogP contribution in [0.25, 0.3) is 0 Å². The number of rotatable bonds is 6. The Labute approximate surface area is 221 Å². The van der Waals surface area contributed by atoms with Gasteiger partial charge in [0.15, 0.2) is 14.1 Å². The highest BCUT2D eigenvalue weighted by molar-refractivity contribution is 6.74. The van der Waals surface area contributed by atoms with E-state index in [1.807, 2.05) is 34.7 Å². The largest absolute Gasteiger partial charge is 0.409 e. The first-order chi connectivity index (χ1) is 17.2. The Morgan fingerprint density at radius 2 is 1.73 bits per heavy atom. The third kappa shape index (κ3) is 5.08. The van der Waals surface area contributed by atoms with Gasteiger partial charge in [-0.3, -0.25) is 9.69 Å². The van der Waals surface area contributed by atoms with Crippen LogP contribution in [-0.2, 0) is 26.0 Å². The summed E-state index contributed by atoms with van der Waals surface area (Å²) in [5.74, 6) is 2.25. The number of nitrogens with one attached hydrogen (secondary N) is 1. The number of morpholine rings is 1. The molecule has 2 aliphatic heterocycles. The lowest BCUT2D eigenvalue weighted by molar-refractivity contribution is -0.121. The van der Waals surface area contributed by atoms with Gasteiger partial charge in [-0.25, -0.2) is 19.9 Å². The van der Waals surface area contributed by atoms with Crippen molar-refractivity contribution in [1.82, 2.24) is 19.9 Å². The van der Waals surface area contributed by atoms with Crippen molar-refractivity contribution in [1.29, 1.82) is 0 Å². The van der Waals surface area contributed by atoms with Crippen LogP contribution in [-0.4, -0.2) is 66.5 Å². The van der Waals surface area contributed by atoms with Gasteiger partial charge in [0.1, 0.15) is 11.6 Å². The number of ether oxygens (including phenoxy) is 1. The van der Waals surface area contributed by atoms with Crippen LogP contribution in [0.5, 0.6) is 0 Å². The number of aromatic nitrogens is 4. The van der Waals surface area contributed by atoms with Gasteiger partial charge in [-0.1, -0.05) is 20.8 Å². The molecular formula is C26H41N7O3Si. The summed E-state index contributed by atoms with van der Waals surface area (Å²) >= 11 is 0. The minimum Gasteiger partial charge on any atom is -0.409 e. The number of fused-ring (bicyclic) bond motifs is 1. The highest BCUT2D eigenvalue weighted by Crippen LogP contribution is 2.47. The first kappa shape index (κ1) is 27.4. The van der Waals surface area contributed by atoms with Crippen molar-refractivity contribution in [2.75, 3.05) is 35.3 Å². The second-order valence-electron chi connectivity index (χ2n) is 12.2. The van der Waals surface area contributed by atoms with Crippen molar-refractivity contribution in [3.8, 4) is 0 Å². The predicted octanol–water partition coefficient (Wildman–Crippen LogP) is 4.40. The molecule has 4 heterocycles. The van der Waals surface area contributed by atoms with E-state index in [4.69, 9.17) is 19.1 Å². The van der Waals surface area contributed by atoms with Gasteiger partial charge in [0, 0.05) is 20.1 Å². The molecule has 10 nitrogen and oxygen atoms in total. The van der Waals surface area contributed by atoms with Crippen molar-refractivity contribution in [2.45, 2.75) is 90.8 Å². The SMILES string of the molecule is CNc1nc(CO[Si](C)(C)C(C)(C)C)nc2c1C(C)(C)C(=O)N2c1cnc(N2C[C@@H](C)O[C@@H](C)C2)nc1. The van der Waals surface area contributed by atoms with E-state index in [9.17, 15) is 4.79 Å². The van der Waals surface area contributed by atoms with E-state index in [0.717, 1.165) is 18.7 Å². The minimum atomic E-state index is -2.01. The lowest BCUT2D eigenvalue weighted by atomic mass is 9.87. The summed E-state index contributed by atoms with van der Waals surface area (Å²) in [7, 11) is -0.199. The highest BCUT2D eigenvalue weighted by Gasteiger charge is 2.49. The fourth-order valence-electron chi connectivity index (χ4n) is 4.59. The quantitative estimate of drug-likeness (QED) is 0.547. The van der Waals surface area contributed by atoms with Gasteiger partial charge in [0.05, 0.1) is 47.9 Å². The van der Waals surface area contributed by atoms with E-state index in [1.165, 1.54) is 0 Å². The molecule has 1 fully saturated rings. The summed E-state index contributed by atoms with van der Waals surface area (Å²) in [6.07, 6.45) is 3.60. The number of carbonyl (C=O) groups is 1. The summed E-state index contributed by atoms with van der Waals surface area (Å²) in [5, 5.41) is 3.24. The molecule has 0 spiro atoms. The summed E-state index contributed by atoms with van der Waals surface area (Å²) < 4.78 is 12.2. The van der Waals surface area contributed by atoms with Crippen molar-refractivity contribution in [2.24, 2.45) is 0 Å². The molecule has 1 amide bonds. The van der Waals surface area contributed by atoms with Gasteiger partial charge >= 0.3 is 0 Å². The summed E-state index contributed by atoms with van der Waals surface area (Å²) in [4.78, 5) is 36.3. The fraction of sp³-hybridized carbons (Fsp3) is 0.654. The molecule has 2 aromatic rings. The Morgan fingerprint density at radius 1 is 1.14 bits per heavy atom. The van der Waals surface area contributed by atoms with Crippen LogP contribution >= 0.6 is 0 Å². The maximum atomic E-state index is 13.7. The van der Waals surface area contributed by atoms with Gasteiger partial charge in [-0.2, -0.15) is 0 Å². The molecule has 0 aromatic carbocycles. The molecule has 0 unspecified atom stereocenters. The smallest absolute Gasteiger partial charge is 0.243 e. The summed E-state index contributed by atoms with van der Waals surface area (Å²) in [6.45, 7) is 20.6. The standard InChI is InChI=1S/C26H41N7O3Si/c1-16-13-32(14-17(2)36-16)24-28-11-18(12-29-24)33-22-20(26(6,7)23(33)34)21(27-8)30-19(31-22)15-35-37(9,10)25(3,4)5/h11-12,16-17H,13-15H2,1-10H3,(H,27,30,31)/t16-,17+.